The number of nitrogens with one attached hydrogen (secondary N) is 1. The zero-order chi connectivity index (χ0) is 13.7. The van der Waals surface area contributed by atoms with Crippen molar-refractivity contribution in [2.75, 3.05) is 37.7 Å². The van der Waals surface area contributed by atoms with Crippen LogP contribution in [0.4, 0.5) is 0 Å². The van der Waals surface area contributed by atoms with Gasteiger partial charge in [0.25, 0.3) is 0 Å². The Morgan fingerprint density at radius 1 is 1.21 bits per heavy atom. The third-order valence-electron chi connectivity index (χ3n) is 4.44. The molecule has 2 heterocycles. The summed E-state index contributed by atoms with van der Waals surface area (Å²) in [7, 11) is -2.74. The second-order valence-electron chi connectivity index (χ2n) is 6.09. The molecule has 0 aromatic carbocycles. The Morgan fingerprint density at radius 2 is 1.95 bits per heavy atom. The Kier molecular flexibility index (Phi) is 5.66. The van der Waals surface area contributed by atoms with Crippen LogP contribution < -0.4 is 5.32 Å². The summed E-state index contributed by atoms with van der Waals surface area (Å²) in [6, 6.07) is 0.491. The largest absolute Gasteiger partial charge is 0.316 e. The predicted octanol–water partition coefficient (Wildman–Crippen LogP) is 1.28. The first-order valence-corrected chi connectivity index (χ1v) is 9.58. The fourth-order valence-electron chi connectivity index (χ4n) is 3.36. The monoisotopic (exact) mass is 288 g/mol. The first kappa shape index (κ1) is 15.3. The van der Waals surface area contributed by atoms with Crippen LogP contribution in [0.1, 0.15) is 39.0 Å². The van der Waals surface area contributed by atoms with Crippen molar-refractivity contribution < 1.29 is 8.42 Å². The second-order valence-corrected chi connectivity index (χ2v) is 8.39. The quantitative estimate of drug-likeness (QED) is 0.828. The van der Waals surface area contributed by atoms with Crippen molar-refractivity contribution in [1.82, 2.24) is 10.2 Å². The summed E-state index contributed by atoms with van der Waals surface area (Å²) in [4.78, 5) is 2.56. The Balaban J connectivity index is 1.88. The topological polar surface area (TPSA) is 49.4 Å². The number of nitrogens with zero attached hydrogens (tertiary/aromatic N) is 1. The van der Waals surface area contributed by atoms with Gasteiger partial charge in [-0.2, -0.15) is 0 Å². The van der Waals surface area contributed by atoms with Gasteiger partial charge in [-0.25, -0.2) is 8.42 Å². The minimum Gasteiger partial charge on any atom is -0.316 e. The molecule has 1 unspecified atom stereocenters. The lowest BCUT2D eigenvalue weighted by Crippen LogP contribution is -2.46. The molecule has 19 heavy (non-hydrogen) atoms. The van der Waals surface area contributed by atoms with Crippen LogP contribution in [0.25, 0.3) is 0 Å². The molecule has 2 fully saturated rings. The van der Waals surface area contributed by atoms with E-state index in [0.717, 1.165) is 51.4 Å². The SMILES string of the molecule is CCCN(CC1CCCNC1)C1CCS(=O)(=O)CC1. The molecule has 0 aromatic rings. The van der Waals surface area contributed by atoms with Crippen LogP contribution in [0.15, 0.2) is 0 Å². The van der Waals surface area contributed by atoms with Gasteiger partial charge in [0.05, 0.1) is 11.5 Å². The third-order valence-corrected chi connectivity index (χ3v) is 6.16. The standard InChI is InChI=1S/C14H28N2O2S/c1-2-8-16(12-13-4-3-7-15-11-13)14-5-9-19(17,18)10-6-14/h13-15H,2-12H2,1H3. The molecule has 5 heteroatoms. The van der Waals surface area contributed by atoms with Gasteiger partial charge in [-0.3, -0.25) is 0 Å². The molecule has 1 atom stereocenters. The van der Waals surface area contributed by atoms with Crippen LogP contribution in [-0.4, -0.2) is 57.0 Å². The summed E-state index contributed by atoms with van der Waals surface area (Å²) in [5, 5.41) is 3.48. The molecule has 0 saturated carbocycles. The summed E-state index contributed by atoms with van der Waals surface area (Å²) >= 11 is 0. The molecule has 0 spiro atoms. The smallest absolute Gasteiger partial charge is 0.150 e. The molecule has 1 N–H and O–H groups in total. The maximum absolute atomic E-state index is 11.5. The van der Waals surface area contributed by atoms with Gasteiger partial charge < -0.3 is 10.2 Å². The minimum absolute atomic E-state index is 0.390. The molecule has 0 radical (unpaired) electrons. The maximum Gasteiger partial charge on any atom is 0.150 e. The van der Waals surface area contributed by atoms with Crippen LogP contribution in [-0.2, 0) is 9.84 Å². The second kappa shape index (κ2) is 7.04. The molecule has 2 aliphatic heterocycles. The fraction of sp³-hybridized carbons (Fsp3) is 1.00. The van der Waals surface area contributed by atoms with E-state index in [4.69, 9.17) is 0 Å². The molecule has 2 saturated heterocycles. The van der Waals surface area contributed by atoms with Crippen molar-refractivity contribution in [3.63, 3.8) is 0 Å². The zero-order valence-corrected chi connectivity index (χ0v) is 12.9. The third kappa shape index (κ3) is 4.72. The van der Waals surface area contributed by atoms with Crippen LogP contribution >= 0.6 is 0 Å². The fourth-order valence-corrected chi connectivity index (χ4v) is 4.83. The van der Waals surface area contributed by atoms with Crippen LogP contribution in [0, 0.1) is 5.92 Å². The van der Waals surface area contributed by atoms with Gasteiger partial charge in [-0.05, 0) is 57.7 Å². The summed E-state index contributed by atoms with van der Waals surface area (Å²) in [6.45, 7) is 6.76. The van der Waals surface area contributed by atoms with E-state index in [1.54, 1.807) is 0 Å². The average Bonchev–Trinajstić information content (AvgIpc) is 2.39. The molecule has 0 amide bonds. The van der Waals surface area contributed by atoms with Gasteiger partial charge in [0.2, 0.25) is 0 Å². The van der Waals surface area contributed by atoms with Crippen molar-refractivity contribution in [1.29, 1.82) is 0 Å². The molecule has 4 nitrogen and oxygen atoms in total. The van der Waals surface area contributed by atoms with Gasteiger partial charge in [0, 0.05) is 12.6 Å². The summed E-state index contributed by atoms with van der Waals surface area (Å²) in [6.07, 6.45) is 5.43. The van der Waals surface area contributed by atoms with E-state index in [-0.39, 0.29) is 0 Å². The Labute approximate surface area is 117 Å². The number of sulfone groups is 1. The van der Waals surface area contributed by atoms with E-state index >= 15 is 0 Å². The number of rotatable bonds is 5. The normalized spacial score (nSPS) is 28.6. The highest BCUT2D eigenvalue weighted by atomic mass is 32.2. The number of hydrogen-bond acceptors (Lipinski definition) is 4. The first-order valence-electron chi connectivity index (χ1n) is 7.76. The summed E-state index contributed by atoms with van der Waals surface area (Å²) < 4.78 is 23.1. The summed E-state index contributed by atoms with van der Waals surface area (Å²) in [5.41, 5.74) is 0. The maximum atomic E-state index is 11.5. The molecular formula is C14H28N2O2S. The van der Waals surface area contributed by atoms with E-state index in [1.165, 1.54) is 12.8 Å². The van der Waals surface area contributed by atoms with Crippen LogP contribution in [0.5, 0.6) is 0 Å². The van der Waals surface area contributed by atoms with E-state index in [0.29, 0.717) is 17.5 Å². The highest BCUT2D eigenvalue weighted by Gasteiger charge is 2.29. The van der Waals surface area contributed by atoms with Crippen molar-refractivity contribution in [2.24, 2.45) is 5.92 Å². The highest BCUT2D eigenvalue weighted by Crippen LogP contribution is 2.21. The zero-order valence-electron chi connectivity index (χ0n) is 12.1. The molecule has 2 rings (SSSR count). The van der Waals surface area contributed by atoms with Crippen molar-refractivity contribution in [2.45, 2.75) is 45.1 Å². The number of piperidine rings is 1. The summed E-state index contributed by atoms with van der Waals surface area (Å²) in [5.74, 6) is 1.53. The van der Waals surface area contributed by atoms with Crippen molar-refractivity contribution in [3.8, 4) is 0 Å². The van der Waals surface area contributed by atoms with Gasteiger partial charge in [0.1, 0.15) is 9.84 Å². The number of hydrogen-bond donors (Lipinski definition) is 1. The molecule has 0 aromatic heterocycles. The lowest BCUT2D eigenvalue weighted by molar-refractivity contribution is 0.144. The van der Waals surface area contributed by atoms with Gasteiger partial charge in [-0.15, -0.1) is 0 Å². The highest BCUT2D eigenvalue weighted by molar-refractivity contribution is 7.91. The Morgan fingerprint density at radius 3 is 2.53 bits per heavy atom. The Bertz CT molecular complexity index is 350. The lowest BCUT2D eigenvalue weighted by atomic mass is 9.97. The van der Waals surface area contributed by atoms with Gasteiger partial charge in [0.15, 0.2) is 0 Å². The molecule has 112 valence electrons. The van der Waals surface area contributed by atoms with E-state index in [2.05, 4.69) is 17.1 Å². The predicted molar refractivity (Wildman–Crippen MR) is 79.1 cm³/mol. The van der Waals surface area contributed by atoms with Crippen LogP contribution in [0.2, 0.25) is 0 Å². The molecule has 0 bridgehead atoms. The molecular weight excluding hydrogens is 260 g/mol. The molecule has 0 aliphatic carbocycles. The van der Waals surface area contributed by atoms with E-state index in [9.17, 15) is 8.42 Å². The molecule has 2 aliphatic rings. The first-order chi connectivity index (χ1) is 9.11. The van der Waals surface area contributed by atoms with Crippen LogP contribution in [0.3, 0.4) is 0 Å². The average molecular weight is 288 g/mol. The Hall–Kier alpha value is -0.130. The minimum atomic E-state index is -2.74. The lowest BCUT2D eigenvalue weighted by Gasteiger charge is -2.37. The van der Waals surface area contributed by atoms with Gasteiger partial charge >= 0.3 is 0 Å². The van der Waals surface area contributed by atoms with E-state index in [1.807, 2.05) is 0 Å². The van der Waals surface area contributed by atoms with Gasteiger partial charge in [-0.1, -0.05) is 6.92 Å². The van der Waals surface area contributed by atoms with Crippen molar-refractivity contribution in [3.05, 3.63) is 0 Å². The van der Waals surface area contributed by atoms with Crippen molar-refractivity contribution >= 4 is 9.84 Å². The van der Waals surface area contributed by atoms with E-state index < -0.39 is 9.84 Å².